The van der Waals surface area contributed by atoms with Gasteiger partial charge in [0.05, 0.1) is 13.2 Å². The minimum absolute atomic E-state index is 0.556. The van der Waals surface area contributed by atoms with Crippen LogP contribution in [0, 0.1) is 23.7 Å². The van der Waals surface area contributed by atoms with Gasteiger partial charge in [-0.05, 0) is 29.2 Å². The van der Waals surface area contributed by atoms with E-state index >= 15 is 0 Å². The first-order valence-corrected chi connectivity index (χ1v) is 9.92. The molecule has 1 fully saturated rings. The molecule has 0 saturated carbocycles. The number of hydrogen-bond donors (Lipinski definition) is 0. The van der Waals surface area contributed by atoms with Crippen molar-refractivity contribution in [1.29, 1.82) is 0 Å². The Balaban J connectivity index is 1.97. The summed E-state index contributed by atoms with van der Waals surface area (Å²) < 4.78 is 6.15. The summed E-state index contributed by atoms with van der Waals surface area (Å²) >= 11 is 0. The fourth-order valence-electron chi connectivity index (χ4n) is 4.09. The van der Waals surface area contributed by atoms with Gasteiger partial charge in [-0.3, -0.25) is 4.90 Å². The highest BCUT2D eigenvalue weighted by molar-refractivity contribution is 5.13. The van der Waals surface area contributed by atoms with Crippen LogP contribution in [-0.4, -0.2) is 30.6 Å². The number of rotatable bonds is 8. The van der Waals surface area contributed by atoms with Crippen LogP contribution in [-0.2, 0) is 11.3 Å². The Morgan fingerprint density at radius 1 is 1.04 bits per heavy atom. The van der Waals surface area contributed by atoms with Crippen molar-refractivity contribution >= 4 is 0 Å². The van der Waals surface area contributed by atoms with Crippen LogP contribution in [0.25, 0.3) is 0 Å². The lowest BCUT2D eigenvalue weighted by atomic mass is 9.76. The molecule has 136 valence electrons. The second-order valence-electron chi connectivity index (χ2n) is 7.90. The van der Waals surface area contributed by atoms with Crippen molar-refractivity contribution in [3.63, 3.8) is 0 Å². The van der Waals surface area contributed by atoms with Crippen molar-refractivity contribution < 1.29 is 4.74 Å². The normalized spacial score (nSPS) is 28.4. The zero-order valence-electron chi connectivity index (χ0n) is 16.4. The molecule has 1 aromatic rings. The molecule has 24 heavy (non-hydrogen) atoms. The van der Waals surface area contributed by atoms with Crippen LogP contribution < -0.4 is 0 Å². The van der Waals surface area contributed by atoms with Gasteiger partial charge in [-0.2, -0.15) is 0 Å². The van der Waals surface area contributed by atoms with Crippen molar-refractivity contribution in [2.75, 3.05) is 19.7 Å². The molecule has 2 nitrogen and oxygen atoms in total. The summed E-state index contributed by atoms with van der Waals surface area (Å²) in [7, 11) is 0. The lowest BCUT2D eigenvalue weighted by molar-refractivity contribution is -0.0373. The SMILES string of the molecule is CCC(CC)CN1CC(C)C(C)C(C)C1COCc1ccccc1. The molecule has 0 N–H and O–H groups in total. The van der Waals surface area contributed by atoms with E-state index in [-0.39, 0.29) is 0 Å². The van der Waals surface area contributed by atoms with Crippen molar-refractivity contribution in [3.8, 4) is 0 Å². The van der Waals surface area contributed by atoms with E-state index in [1.165, 1.54) is 31.5 Å². The van der Waals surface area contributed by atoms with Gasteiger partial charge in [0.2, 0.25) is 0 Å². The number of nitrogens with zero attached hydrogens (tertiary/aromatic N) is 1. The Hall–Kier alpha value is -0.860. The first-order valence-electron chi connectivity index (χ1n) is 9.92. The molecule has 1 aromatic carbocycles. The summed E-state index contributed by atoms with van der Waals surface area (Å²) in [5, 5.41) is 0. The molecule has 4 unspecified atom stereocenters. The highest BCUT2D eigenvalue weighted by Gasteiger charge is 2.37. The van der Waals surface area contributed by atoms with Gasteiger partial charge in [-0.15, -0.1) is 0 Å². The molecule has 2 rings (SSSR count). The molecule has 4 atom stereocenters. The number of benzene rings is 1. The highest BCUT2D eigenvalue weighted by atomic mass is 16.5. The topological polar surface area (TPSA) is 12.5 Å². The summed E-state index contributed by atoms with van der Waals surface area (Å²) in [6, 6.07) is 11.1. The van der Waals surface area contributed by atoms with Gasteiger partial charge in [0.25, 0.3) is 0 Å². The molecule has 0 aliphatic carbocycles. The minimum atomic E-state index is 0.556. The van der Waals surface area contributed by atoms with Crippen LogP contribution >= 0.6 is 0 Å². The van der Waals surface area contributed by atoms with Gasteiger partial charge < -0.3 is 4.74 Å². The van der Waals surface area contributed by atoms with Gasteiger partial charge in [0.15, 0.2) is 0 Å². The first-order chi connectivity index (χ1) is 11.6. The lowest BCUT2D eigenvalue weighted by Gasteiger charge is -2.47. The Kier molecular flexibility index (Phi) is 7.77. The Labute approximate surface area is 149 Å². The third-order valence-corrected chi connectivity index (χ3v) is 6.37. The molecule has 1 aliphatic rings. The fourth-order valence-corrected chi connectivity index (χ4v) is 4.09. The Morgan fingerprint density at radius 3 is 2.33 bits per heavy atom. The van der Waals surface area contributed by atoms with E-state index in [1.54, 1.807) is 0 Å². The van der Waals surface area contributed by atoms with Gasteiger partial charge in [0, 0.05) is 19.1 Å². The summed E-state index contributed by atoms with van der Waals surface area (Å²) in [5.74, 6) is 3.06. The zero-order valence-corrected chi connectivity index (χ0v) is 16.4. The average Bonchev–Trinajstić information content (AvgIpc) is 2.61. The Bertz CT molecular complexity index is 456. The standard InChI is InChI=1S/C22H37NO/c1-6-20(7-2)14-23-13-17(3)18(4)19(5)22(23)16-24-15-21-11-9-8-10-12-21/h8-12,17-20,22H,6-7,13-16H2,1-5H3. The van der Waals surface area contributed by atoms with E-state index in [2.05, 4.69) is 69.9 Å². The van der Waals surface area contributed by atoms with Crippen LogP contribution in [0.5, 0.6) is 0 Å². The predicted molar refractivity (Wildman–Crippen MR) is 103 cm³/mol. The average molecular weight is 332 g/mol. The summed E-state index contributed by atoms with van der Waals surface area (Å²) in [6.45, 7) is 16.0. The van der Waals surface area contributed by atoms with Gasteiger partial charge in [0.1, 0.15) is 0 Å². The largest absolute Gasteiger partial charge is 0.375 e. The van der Waals surface area contributed by atoms with Gasteiger partial charge >= 0.3 is 0 Å². The van der Waals surface area contributed by atoms with E-state index in [9.17, 15) is 0 Å². The molecule has 0 amide bonds. The van der Waals surface area contributed by atoms with Crippen molar-refractivity contribution in [2.24, 2.45) is 23.7 Å². The van der Waals surface area contributed by atoms with Crippen LogP contribution in [0.2, 0.25) is 0 Å². The van der Waals surface area contributed by atoms with Crippen molar-refractivity contribution in [3.05, 3.63) is 35.9 Å². The molecule has 1 heterocycles. The second kappa shape index (κ2) is 9.58. The monoisotopic (exact) mass is 331 g/mol. The first kappa shape index (κ1) is 19.5. The van der Waals surface area contributed by atoms with E-state index < -0.39 is 0 Å². The van der Waals surface area contributed by atoms with Crippen LogP contribution in [0.1, 0.15) is 53.0 Å². The van der Waals surface area contributed by atoms with E-state index in [1.807, 2.05) is 0 Å². The van der Waals surface area contributed by atoms with Crippen LogP contribution in [0.15, 0.2) is 30.3 Å². The maximum absolute atomic E-state index is 6.15. The molecule has 1 aliphatic heterocycles. The number of hydrogen-bond acceptors (Lipinski definition) is 2. The van der Waals surface area contributed by atoms with Gasteiger partial charge in [-0.25, -0.2) is 0 Å². The molecule has 0 spiro atoms. The summed E-state index contributed by atoms with van der Waals surface area (Å²) in [4.78, 5) is 2.73. The molecule has 2 heteroatoms. The highest BCUT2D eigenvalue weighted by Crippen LogP contribution is 2.34. The van der Waals surface area contributed by atoms with E-state index in [0.717, 1.165) is 31.0 Å². The molecule has 0 radical (unpaired) electrons. The summed E-state index contributed by atoms with van der Waals surface area (Å²) in [6.07, 6.45) is 2.56. The van der Waals surface area contributed by atoms with Crippen LogP contribution in [0.4, 0.5) is 0 Å². The maximum Gasteiger partial charge on any atom is 0.0717 e. The van der Waals surface area contributed by atoms with E-state index in [0.29, 0.717) is 12.0 Å². The Morgan fingerprint density at radius 2 is 1.71 bits per heavy atom. The number of likely N-dealkylation sites (tertiary alicyclic amines) is 1. The third kappa shape index (κ3) is 5.07. The lowest BCUT2D eigenvalue weighted by Crippen LogP contribution is -2.54. The fraction of sp³-hybridized carbons (Fsp3) is 0.727. The van der Waals surface area contributed by atoms with Crippen molar-refractivity contribution in [1.82, 2.24) is 4.90 Å². The van der Waals surface area contributed by atoms with Crippen molar-refractivity contribution in [2.45, 2.75) is 60.1 Å². The predicted octanol–water partition coefficient (Wildman–Crippen LogP) is 5.23. The second-order valence-corrected chi connectivity index (χ2v) is 7.90. The number of ether oxygens (including phenoxy) is 1. The summed E-state index contributed by atoms with van der Waals surface area (Å²) in [5.41, 5.74) is 1.27. The zero-order chi connectivity index (χ0) is 17.5. The van der Waals surface area contributed by atoms with Gasteiger partial charge in [-0.1, -0.05) is 77.8 Å². The van der Waals surface area contributed by atoms with Crippen LogP contribution in [0.3, 0.4) is 0 Å². The molecular weight excluding hydrogens is 294 g/mol. The number of piperidine rings is 1. The molecule has 1 saturated heterocycles. The molecule has 0 bridgehead atoms. The molecule has 0 aromatic heterocycles. The van der Waals surface area contributed by atoms with E-state index in [4.69, 9.17) is 4.74 Å². The quantitative estimate of drug-likeness (QED) is 0.646. The maximum atomic E-state index is 6.15. The smallest absolute Gasteiger partial charge is 0.0717 e. The molecular formula is C22H37NO. The third-order valence-electron chi connectivity index (χ3n) is 6.37. The minimum Gasteiger partial charge on any atom is -0.375 e.